The molecule has 0 N–H and O–H groups in total. The van der Waals surface area contributed by atoms with Gasteiger partial charge in [0, 0.05) is 38.3 Å². The minimum atomic E-state index is -0.176. The van der Waals surface area contributed by atoms with Crippen LogP contribution in [-0.4, -0.2) is 85.7 Å². The highest BCUT2D eigenvalue weighted by molar-refractivity contribution is 5.81. The molecule has 2 rings (SSSR count). The highest BCUT2D eigenvalue weighted by Gasteiger charge is 2.35. The van der Waals surface area contributed by atoms with Gasteiger partial charge in [0.2, 0.25) is 0 Å². The third-order valence-corrected chi connectivity index (χ3v) is 4.64. The van der Waals surface area contributed by atoms with Crippen molar-refractivity contribution in [1.82, 2.24) is 14.7 Å². The van der Waals surface area contributed by atoms with Crippen LogP contribution in [0.3, 0.4) is 0 Å². The summed E-state index contributed by atoms with van der Waals surface area (Å²) in [6, 6.07) is 0.863. The fraction of sp³-hybridized carbons (Fsp3) is 0.938. The summed E-state index contributed by atoms with van der Waals surface area (Å²) in [6.07, 6.45) is 2.92. The first-order valence-corrected chi connectivity index (χ1v) is 8.30. The molecule has 2 saturated heterocycles. The molecule has 3 unspecified atom stereocenters. The predicted molar refractivity (Wildman–Crippen MR) is 84.4 cm³/mol. The molecule has 2 aliphatic rings. The van der Waals surface area contributed by atoms with Crippen molar-refractivity contribution in [2.45, 2.75) is 51.3 Å². The Labute approximate surface area is 129 Å². The van der Waals surface area contributed by atoms with Crippen LogP contribution in [0.1, 0.15) is 33.1 Å². The molecule has 2 heterocycles. The Morgan fingerprint density at radius 3 is 2.43 bits per heavy atom. The van der Waals surface area contributed by atoms with E-state index in [9.17, 15) is 4.79 Å². The summed E-state index contributed by atoms with van der Waals surface area (Å²) in [5.41, 5.74) is 0. The van der Waals surface area contributed by atoms with Crippen LogP contribution in [0.15, 0.2) is 0 Å². The van der Waals surface area contributed by atoms with Crippen LogP contribution in [0.5, 0.6) is 0 Å². The normalized spacial score (nSPS) is 31.1. The van der Waals surface area contributed by atoms with Crippen LogP contribution in [0, 0.1) is 0 Å². The average molecular weight is 297 g/mol. The molecule has 122 valence electrons. The Balaban J connectivity index is 1.84. The highest BCUT2D eigenvalue weighted by atomic mass is 16.5. The summed E-state index contributed by atoms with van der Waals surface area (Å²) in [4.78, 5) is 19.3. The number of amides is 1. The standard InChI is InChI=1S/C16H31N3O2/c1-13-11-18(16(20)15-7-5-10-21-15)12-14(2)19(13)9-6-8-17(3)4/h13-15H,5-12H2,1-4H3. The maximum absolute atomic E-state index is 12.5. The van der Waals surface area contributed by atoms with Crippen LogP contribution in [0.25, 0.3) is 0 Å². The molecule has 3 atom stereocenters. The second kappa shape index (κ2) is 7.56. The zero-order chi connectivity index (χ0) is 15.4. The third kappa shape index (κ3) is 4.41. The number of carbonyl (C=O) groups excluding carboxylic acids is 1. The van der Waals surface area contributed by atoms with Crippen LogP contribution < -0.4 is 0 Å². The Hall–Kier alpha value is -0.650. The summed E-state index contributed by atoms with van der Waals surface area (Å²) in [5, 5.41) is 0. The van der Waals surface area contributed by atoms with Crippen LogP contribution in [0.2, 0.25) is 0 Å². The number of carbonyl (C=O) groups is 1. The van der Waals surface area contributed by atoms with Crippen molar-refractivity contribution in [3.8, 4) is 0 Å². The molecule has 21 heavy (non-hydrogen) atoms. The molecule has 2 aliphatic heterocycles. The molecule has 5 nitrogen and oxygen atoms in total. The second-order valence-electron chi connectivity index (χ2n) is 6.84. The van der Waals surface area contributed by atoms with E-state index in [1.807, 2.05) is 4.90 Å². The number of piperazine rings is 1. The maximum atomic E-state index is 12.5. The van der Waals surface area contributed by atoms with Gasteiger partial charge in [-0.25, -0.2) is 0 Å². The van der Waals surface area contributed by atoms with Crippen molar-refractivity contribution in [3.63, 3.8) is 0 Å². The van der Waals surface area contributed by atoms with Gasteiger partial charge < -0.3 is 14.5 Å². The Morgan fingerprint density at radius 2 is 1.90 bits per heavy atom. The van der Waals surface area contributed by atoms with E-state index in [0.717, 1.165) is 45.6 Å². The van der Waals surface area contributed by atoms with Crippen molar-refractivity contribution >= 4 is 5.91 Å². The number of hydrogen-bond donors (Lipinski definition) is 0. The number of hydrogen-bond acceptors (Lipinski definition) is 4. The number of nitrogens with zero attached hydrogens (tertiary/aromatic N) is 3. The van der Waals surface area contributed by atoms with Crippen molar-refractivity contribution < 1.29 is 9.53 Å². The van der Waals surface area contributed by atoms with Gasteiger partial charge in [0.25, 0.3) is 5.91 Å². The summed E-state index contributed by atoms with van der Waals surface area (Å²) < 4.78 is 5.55. The van der Waals surface area contributed by atoms with Gasteiger partial charge in [0.05, 0.1) is 0 Å². The Bertz CT molecular complexity index is 330. The molecule has 0 saturated carbocycles. The van der Waals surface area contributed by atoms with Gasteiger partial charge in [-0.2, -0.15) is 0 Å². The lowest BCUT2D eigenvalue weighted by Gasteiger charge is -2.45. The molecule has 2 fully saturated rings. The minimum Gasteiger partial charge on any atom is -0.368 e. The smallest absolute Gasteiger partial charge is 0.251 e. The number of ether oxygens (including phenoxy) is 1. The molecule has 0 aliphatic carbocycles. The molecular formula is C16H31N3O2. The third-order valence-electron chi connectivity index (χ3n) is 4.64. The molecular weight excluding hydrogens is 266 g/mol. The van der Waals surface area contributed by atoms with Gasteiger partial charge in [-0.3, -0.25) is 9.69 Å². The quantitative estimate of drug-likeness (QED) is 0.760. The lowest BCUT2D eigenvalue weighted by atomic mass is 10.1. The van der Waals surface area contributed by atoms with Gasteiger partial charge in [-0.15, -0.1) is 0 Å². The van der Waals surface area contributed by atoms with Gasteiger partial charge in [-0.05, 0) is 53.8 Å². The minimum absolute atomic E-state index is 0.176. The summed E-state index contributed by atoms with van der Waals surface area (Å²) in [6.45, 7) is 9.13. The molecule has 5 heteroatoms. The van der Waals surface area contributed by atoms with Crippen molar-refractivity contribution in [2.24, 2.45) is 0 Å². The first kappa shape index (κ1) is 16.7. The average Bonchev–Trinajstić information content (AvgIpc) is 2.94. The van der Waals surface area contributed by atoms with Gasteiger partial charge >= 0.3 is 0 Å². The molecule has 0 aromatic carbocycles. The predicted octanol–water partition coefficient (Wildman–Crippen LogP) is 1.04. The molecule has 0 spiro atoms. The zero-order valence-corrected chi connectivity index (χ0v) is 14.0. The van der Waals surface area contributed by atoms with Crippen molar-refractivity contribution in [1.29, 1.82) is 0 Å². The first-order valence-electron chi connectivity index (χ1n) is 8.30. The molecule has 1 amide bonds. The first-order chi connectivity index (χ1) is 9.99. The summed E-state index contributed by atoms with van der Waals surface area (Å²) in [7, 11) is 4.23. The maximum Gasteiger partial charge on any atom is 0.251 e. The van der Waals surface area contributed by atoms with Crippen LogP contribution >= 0.6 is 0 Å². The van der Waals surface area contributed by atoms with E-state index >= 15 is 0 Å². The topological polar surface area (TPSA) is 36.0 Å². The van der Waals surface area contributed by atoms with Crippen LogP contribution in [0.4, 0.5) is 0 Å². The summed E-state index contributed by atoms with van der Waals surface area (Å²) >= 11 is 0. The van der Waals surface area contributed by atoms with E-state index in [1.54, 1.807) is 0 Å². The molecule has 0 radical (unpaired) electrons. The molecule has 0 aromatic rings. The Morgan fingerprint density at radius 1 is 1.24 bits per heavy atom. The van der Waals surface area contributed by atoms with Gasteiger partial charge in [0.15, 0.2) is 0 Å². The Kier molecular flexibility index (Phi) is 6.02. The van der Waals surface area contributed by atoms with Crippen molar-refractivity contribution in [2.75, 3.05) is 46.9 Å². The molecule has 0 bridgehead atoms. The van der Waals surface area contributed by atoms with E-state index in [-0.39, 0.29) is 12.0 Å². The zero-order valence-electron chi connectivity index (χ0n) is 14.0. The van der Waals surface area contributed by atoms with E-state index in [1.165, 1.54) is 6.42 Å². The van der Waals surface area contributed by atoms with E-state index < -0.39 is 0 Å². The van der Waals surface area contributed by atoms with E-state index in [2.05, 4.69) is 37.7 Å². The molecule has 0 aromatic heterocycles. The fourth-order valence-corrected chi connectivity index (χ4v) is 3.52. The summed E-state index contributed by atoms with van der Waals surface area (Å²) in [5.74, 6) is 0.208. The van der Waals surface area contributed by atoms with Gasteiger partial charge in [-0.1, -0.05) is 0 Å². The second-order valence-corrected chi connectivity index (χ2v) is 6.84. The van der Waals surface area contributed by atoms with Crippen molar-refractivity contribution in [3.05, 3.63) is 0 Å². The highest BCUT2D eigenvalue weighted by Crippen LogP contribution is 2.20. The van der Waals surface area contributed by atoms with Gasteiger partial charge in [0.1, 0.15) is 6.10 Å². The van der Waals surface area contributed by atoms with Crippen LogP contribution in [-0.2, 0) is 9.53 Å². The monoisotopic (exact) mass is 297 g/mol. The van der Waals surface area contributed by atoms with E-state index in [4.69, 9.17) is 4.74 Å². The lowest BCUT2D eigenvalue weighted by molar-refractivity contribution is -0.145. The lowest BCUT2D eigenvalue weighted by Crippen LogP contribution is -2.59. The fourth-order valence-electron chi connectivity index (χ4n) is 3.52. The number of rotatable bonds is 5. The van der Waals surface area contributed by atoms with E-state index in [0.29, 0.717) is 12.1 Å². The largest absolute Gasteiger partial charge is 0.368 e. The SMILES string of the molecule is CC1CN(C(=O)C2CCCO2)CC(C)N1CCCN(C)C.